The predicted molar refractivity (Wildman–Crippen MR) is 141 cm³/mol. The Morgan fingerprint density at radius 3 is 2.85 bits per heavy atom. The highest BCUT2D eigenvalue weighted by molar-refractivity contribution is 6.01. The smallest absolute Gasteiger partial charge is 0.328 e. The highest BCUT2D eigenvalue weighted by Crippen LogP contribution is 2.29. The maximum Gasteiger partial charge on any atom is 0.328 e. The van der Waals surface area contributed by atoms with Crippen molar-refractivity contribution in [2.24, 2.45) is 5.92 Å². The summed E-state index contributed by atoms with van der Waals surface area (Å²) in [7, 11) is 1.69. The maximum absolute atomic E-state index is 13.3. The molecule has 2 saturated heterocycles. The lowest BCUT2D eigenvalue weighted by molar-refractivity contribution is -0.140. The third-order valence-corrected chi connectivity index (χ3v) is 7.50. The van der Waals surface area contributed by atoms with Crippen molar-refractivity contribution < 1.29 is 23.9 Å². The number of urea groups is 1. The van der Waals surface area contributed by atoms with Crippen molar-refractivity contribution in [2.45, 2.75) is 51.2 Å². The van der Waals surface area contributed by atoms with Crippen molar-refractivity contribution in [3.8, 4) is 6.07 Å². The number of aldehydes is 1. The summed E-state index contributed by atoms with van der Waals surface area (Å²) in [5, 5.41) is 12.3. The van der Waals surface area contributed by atoms with Crippen molar-refractivity contribution in [1.82, 2.24) is 14.9 Å². The zero-order valence-electron chi connectivity index (χ0n) is 22.0. The third kappa shape index (κ3) is 5.92. The first-order valence-electron chi connectivity index (χ1n) is 13.4. The quantitative estimate of drug-likeness (QED) is 0.538. The predicted octanol–water partition coefficient (Wildman–Crippen LogP) is 2.86. The zero-order valence-corrected chi connectivity index (χ0v) is 22.0. The maximum atomic E-state index is 13.3. The van der Waals surface area contributed by atoms with Gasteiger partial charge in [-0.1, -0.05) is 0 Å². The van der Waals surface area contributed by atoms with Gasteiger partial charge in [0.25, 0.3) is 5.91 Å². The number of likely N-dealkylation sites (N-methyl/N-ethyl adjacent to an activating group) is 1. The number of pyridine rings is 2. The molecule has 2 atom stereocenters. The molecule has 11 heteroatoms. The second kappa shape index (κ2) is 11.9. The number of nitrogens with one attached hydrogen (secondary N) is 1. The van der Waals surface area contributed by atoms with Crippen LogP contribution in [0, 0.1) is 17.2 Å². The van der Waals surface area contributed by atoms with Gasteiger partial charge < -0.3 is 14.4 Å². The summed E-state index contributed by atoms with van der Waals surface area (Å²) in [6.45, 7) is 2.61. The summed E-state index contributed by atoms with van der Waals surface area (Å²) in [6, 6.07) is 5.38. The van der Waals surface area contributed by atoms with E-state index in [1.54, 1.807) is 18.0 Å². The Labute approximate surface area is 227 Å². The topological polar surface area (TPSA) is 138 Å². The number of amides is 3. The molecule has 0 bridgehead atoms. The average Bonchev–Trinajstić information content (AvgIpc) is 3.67. The molecule has 0 radical (unpaired) electrons. The zero-order chi connectivity index (χ0) is 27.4. The van der Waals surface area contributed by atoms with E-state index in [0.717, 1.165) is 30.4 Å². The van der Waals surface area contributed by atoms with Crippen LogP contribution in [0.5, 0.6) is 0 Å². The summed E-state index contributed by atoms with van der Waals surface area (Å²) in [4.78, 5) is 49.9. The Bertz CT molecular complexity index is 1300. The molecule has 0 aromatic carbocycles. The van der Waals surface area contributed by atoms with Gasteiger partial charge in [0, 0.05) is 51.7 Å². The molecule has 0 aliphatic carbocycles. The molecule has 11 nitrogen and oxygen atoms in total. The van der Waals surface area contributed by atoms with Crippen molar-refractivity contribution in [1.29, 1.82) is 5.26 Å². The van der Waals surface area contributed by atoms with Crippen molar-refractivity contribution in [3.63, 3.8) is 0 Å². The number of carbonyl (C=O) groups excluding carboxylic acids is 3. The molecular weight excluding hydrogens is 500 g/mol. The minimum absolute atomic E-state index is 0.113. The fourth-order valence-corrected chi connectivity index (χ4v) is 5.40. The minimum atomic E-state index is -0.442. The molecular formula is C28H32N6O5. The largest absolute Gasteiger partial charge is 0.381 e. The van der Waals surface area contributed by atoms with Gasteiger partial charge in [-0.05, 0) is 67.7 Å². The summed E-state index contributed by atoms with van der Waals surface area (Å²) in [6.07, 6.45) is 6.28. The molecule has 0 unspecified atom stereocenters. The molecule has 3 aliphatic rings. The Morgan fingerprint density at radius 2 is 2.13 bits per heavy atom. The second-order valence-electron chi connectivity index (χ2n) is 10.3. The first-order chi connectivity index (χ1) is 19.0. The van der Waals surface area contributed by atoms with E-state index >= 15 is 0 Å². The molecule has 3 amide bonds. The lowest BCUT2D eigenvalue weighted by Gasteiger charge is -2.29. The molecule has 5 heterocycles. The normalized spacial score (nSPS) is 20.3. The number of nitrogens with zero attached hydrogens (tertiary/aromatic N) is 5. The molecule has 2 fully saturated rings. The number of rotatable bonds is 7. The van der Waals surface area contributed by atoms with Crippen LogP contribution in [0.1, 0.15) is 58.4 Å². The number of fused-ring (bicyclic) bond motifs is 1. The molecule has 0 saturated carbocycles. The Balaban J connectivity index is 1.33. The molecule has 39 heavy (non-hydrogen) atoms. The van der Waals surface area contributed by atoms with Gasteiger partial charge in [-0.3, -0.25) is 19.8 Å². The average molecular weight is 533 g/mol. The van der Waals surface area contributed by atoms with Gasteiger partial charge in [0.15, 0.2) is 6.29 Å². The van der Waals surface area contributed by atoms with Crippen molar-refractivity contribution in [3.05, 3.63) is 46.3 Å². The van der Waals surface area contributed by atoms with Crippen LogP contribution < -0.4 is 10.2 Å². The van der Waals surface area contributed by atoms with Crippen LogP contribution in [0.25, 0.3) is 0 Å². The summed E-state index contributed by atoms with van der Waals surface area (Å²) < 4.78 is 11.0. The molecule has 0 spiro atoms. The van der Waals surface area contributed by atoms with Crippen molar-refractivity contribution >= 4 is 29.9 Å². The molecule has 2 aromatic rings. The number of ether oxygens (including phenoxy) is 2. The van der Waals surface area contributed by atoms with Gasteiger partial charge in [0.2, 0.25) is 0 Å². The molecule has 2 aromatic heterocycles. The van der Waals surface area contributed by atoms with Crippen LogP contribution in [0.15, 0.2) is 18.3 Å². The number of hydrogen-bond donors (Lipinski definition) is 1. The molecule has 204 valence electrons. The monoisotopic (exact) mass is 532 g/mol. The fourth-order valence-electron chi connectivity index (χ4n) is 5.40. The van der Waals surface area contributed by atoms with E-state index in [-0.39, 0.29) is 18.1 Å². The van der Waals surface area contributed by atoms with Gasteiger partial charge in [-0.25, -0.2) is 14.8 Å². The van der Waals surface area contributed by atoms with E-state index in [1.807, 2.05) is 6.07 Å². The molecule has 3 aliphatic heterocycles. The Hall–Kier alpha value is -3.88. The third-order valence-electron chi connectivity index (χ3n) is 7.50. The van der Waals surface area contributed by atoms with E-state index in [2.05, 4.69) is 21.4 Å². The van der Waals surface area contributed by atoms with Crippen LogP contribution in [0.3, 0.4) is 0 Å². The van der Waals surface area contributed by atoms with E-state index in [9.17, 15) is 19.6 Å². The van der Waals surface area contributed by atoms with E-state index in [0.29, 0.717) is 80.6 Å². The van der Waals surface area contributed by atoms with E-state index in [1.165, 1.54) is 11.1 Å². The highest BCUT2D eigenvalue weighted by atomic mass is 16.5. The number of aromatic nitrogens is 2. The fraction of sp³-hybridized carbons (Fsp3) is 0.500. The van der Waals surface area contributed by atoms with Crippen LogP contribution in [-0.4, -0.2) is 72.6 Å². The lowest BCUT2D eigenvalue weighted by atomic mass is 9.96. The first kappa shape index (κ1) is 26.7. The molecule has 5 rings (SSSR count). The van der Waals surface area contributed by atoms with Gasteiger partial charge in [0.1, 0.15) is 29.5 Å². The standard InChI is InChI=1S/C28H32N6O5/c1-33(27(36)24-5-3-8-39-24)15-21-11-19-4-2-7-34(26(19)31-23(21)16-35)28(37)32-25-12-20(22(13-29)14-30-25)10-18-6-9-38-17-18/h11-12,14,16,18,24H,2-10,15,17H2,1H3,(H,30,32,37)/t18-,24-/m1/s1. The van der Waals surface area contributed by atoms with Gasteiger partial charge in [0.05, 0.1) is 5.56 Å². The number of nitriles is 1. The number of hydrogen-bond acceptors (Lipinski definition) is 8. The SMILES string of the molecule is CN(Cc1cc2c(nc1C=O)N(C(=O)Nc1cc(C[C@H]3CCOC3)c(C#N)cn1)CCC2)C(=O)[C@H]1CCCO1. The Kier molecular flexibility index (Phi) is 8.14. The van der Waals surface area contributed by atoms with E-state index in [4.69, 9.17) is 9.47 Å². The van der Waals surface area contributed by atoms with Gasteiger partial charge in [-0.15, -0.1) is 0 Å². The Morgan fingerprint density at radius 1 is 1.26 bits per heavy atom. The number of anilines is 2. The van der Waals surface area contributed by atoms with Crippen molar-refractivity contribution in [2.75, 3.05) is 43.6 Å². The first-order valence-corrected chi connectivity index (χ1v) is 13.4. The number of aryl methyl sites for hydroxylation is 1. The summed E-state index contributed by atoms with van der Waals surface area (Å²) in [5.74, 6) is 0.992. The summed E-state index contributed by atoms with van der Waals surface area (Å²) in [5.41, 5.74) is 2.97. The lowest BCUT2D eigenvalue weighted by Crippen LogP contribution is -2.40. The van der Waals surface area contributed by atoms with Crippen LogP contribution >= 0.6 is 0 Å². The van der Waals surface area contributed by atoms with Crippen LogP contribution in [0.2, 0.25) is 0 Å². The second-order valence-corrected chi connectivity index (χ2v) is 10.3. The highest BCUT2D eigenvalue weighted by Gasteiger charge is 2.29. The molecule has 1 N–H and O–H groups in total. The van der Waals surface area contributed by atoms with E-state index < -0.39 is 12.1 Å². The number of carbonyl (C=O) groups is 3. The van der Waals surface area contributed by atoms with Crippen LogP contribution in [-0.2, 0) is 33.7 Å². The van der Waals surface area contributed by atoms with Crippen LogP contribution in [0.4, 0.5) is 16.4 Å². The minimum Gasteiger partial charge on any atom is -0.381 e. The van der Waals surface area contributed by atoms with Gasteiger partial charge >= 0.3 is 6.03 Å². The van der Waals surface area contributed by atoms with Gasteiger partial charge in [-0.2, -0.15) is 5.26 Å². The summed E-state index contributed by atoms with van der Waals surface area (Å²) >= 11 is 0.